The molecule has 1 aromatic carbocycles. The van der Waals surface area contributed by atoms with Gasteiger partial charge in [-0.05, 0) is 25.6 Å². The highest BCUT2D eigenvalue weighted by Gasteiger charge is 2.31. The predicted octanol–water partition coefficient (Wildman–Crippen LogP) is 2.01. The van der Waals surface area contributed by atoms with E-state index in [0.717, 1.165) is 0 Å². The van der Waals surface area contributed by atoms with Crippen LogP contribution in [-0.4, -0.2) is 48.1 Å². The Kier molecular flexibility index (Phi) is 4.20. The summed E-state index contributed by atoms with van der Waals surface area (Å²) in [6.45, 7) is 0.414. The third kappa shape index (κ3) is 3.31. The van der Waals surface area contributed by atoms with Crippen molar-refractivity contribution >= 4 is 21.4 Å². The van der Waals surface area contributed by atoms with Crippen LogP contribution in [0.3, 0.4) is 0 Å². The van der Waals surface area contributed by atoms with Crippen molar-refractivity contribution in [2.75, 3.05) is 18.6 Å². The molecule has 1 aliphatic heterocycles. The molecule has 6 nitrogen and oxygen atoms in total. The van der Waals surface area contributed by atoms with Gasteiger partial charge in [0.2, 0.25) is 11.8 Å². The van der Waals surface area contributed by atoms with Gasteiger partial charge in [-0.1, -0.05) is 23.7 Å². The Balaban J connectivity index is 1.71. The van der Waals surface area contributed by atoms with Gasteiger partial charge in [-0.2, -0.15) is 0 Å². The molecule has 3 rings (SSSR count). The second kappa shape index (κ2) is 5.98. The first-order valence-electron chi connectivity index (χ1n) is 6.92. The lowest BCUT2D eigenvalue weighted by molar-refractivity contribution is 0.230. The maximum Gasteiger partial charge on any atom is 0.249 e. The number of nitrogens with zero attached hydrogens (tertiary/aromatic N) is 3. The van der Waals surface area contributed by atoms with Crippen LogP contribution in [0.25, 0.3) is 11.5 Å². The number of rotatable bonds is 4. The Morgan fingerprint density at radius 2 is 2.14 bits per heavy atom. The quantitative estimate of drug-likeness (QED) is 0.846. The minimum atomic E-state index is -2.90. The number of hydrogen-bond acceptors (Lipinski definition) is 6. The van der Waals surface area contributed by atoms with E-state index in [9.17, 15) is 8.42 Å². The maximum absolute atomic E-state index is 11.5. The van der Waals surface area contributed by atoms with Gasteiger partial charge < -0.3 is 4.42 Å². The highest BCUT2D eigenvalue weighted by molar-refractivity contribution is 7.91. The van der Waals surface area contributed by atoms with E-state index in [1.807, 2.05) is 30.1 Å². The van der Waals surface area contributed by atoms with Gasteiger partial charge >= 0.3 is 0 Å². The SMILES string of the molecule is CN(Cc1nnc(-c2ccccc2Cl)o1)C1CCS(=O)(=O)C1. The van der Waals surface area contributed by atoms with E-state index < -0.39 is 9.84 Å². The Morgan fingerprint density at radius 3 is 2.82 bits per heavy atom. The molecule has 1 unspecified atom stereocenters. The van der Waals surface area contributed by atoms with Gasteiger partial charge in [0.15, 0.2) is 9.84 Å². The molecular weight excluding hydrogens is 326 g/mol. The number of benzene rings is 1. The molecule has 1 atom stereocenters. The second-order valence-electron chi connectivity index (χ2n) is 5.45. The fourth-order valence-corrected chi connectivity index (χ4v) is 4.55. The summed E-state index contributed by atoms with van der Waals surface area (Å²) >= 11 is 6.10. The highest BCUT2D eigenvalue weighted by Crippen LogP contribution is 2.26. The van der Waals surface area contributed by atoms with Gasteiger partial charge in [-0.15, -0.1) is 10.2 Å². The van der Waals surface area contributed by atoms with Crippen molar-refractivity contribution in [2.24, 2.45) is 0 Å². The Hall–Kier alpha value is -1.44. The van der Waals surface area contributed by atoms with Crippen LogP contribution in [0.4, 0.5) is 0 Å². The first-order valence-corrected chi connectivity index (χ1v) is 9.12. The standard InChI is InChI=1S/C14H16ClN3O3S/c1-18(10-6-7-22(19,20)9-10)8-13-16-17-14(21-13)11-4-2-3-5-12(11)15/h2-5,10H,6-9H2,1H3. The topological polar surface area (TPSA) is 76.3 Å². The molecular formula is C14H16ClN3O3S. The van der Waals surface area contributed by atoms with E-state index in [1.165, 1.54) is 0 Å². The fraction of sp³-hybridized carbons (Fsp3) is 0.429. The van der Waals surface area contributed by atoms with Crippen LogP contribution in [0.5, 0.6) is 0 Å². The fourth-order valence-electron chi connectivity index (χ4n) is 2.53. The Bertz CT molecular complexity index is 775. The molecule has 0 bridgehead atoms. The number of aromatic nitrogens is 2. The molecule has 0 saturated carbocycles. The van der Waals surface area contributed by atoms with E-state index in [2.05, 4.69) is 10.2 Å². The molecule has 22 heavy (non-hydrogen) atoms. The van der Waals surface area contributed by atoms with Gasteiger partial charge in [0.1, 0.15) is 0 Å². The van der Waals surface area contributed by atoms with Crippen LogP contribution in [0, 0.1) is 0 Å². The average Bonchev–Trinajstić information content (AvgIpc) is 3.06. The van der Waals surface area contributed by atoms with Crippen LogP contribution in [0.15, 0.2) is 28.7 Å². The van der Waals surface area contributed by atoms with Crippen LogP contribution >= 0.6 is 11.6 Å². The van der Waals surface area contributed by atoms with Crippen molar-refractivity contribution in [3.63, 3.8) is 0 Å². The van der Waals surface area contributed by atoms with Crippen LogP contribution in [-0.2, 0) is 16.4 Å². The predicted molar refractivity (Wildman–Crippen MR) is 83.3 cm³/mol. The first-order chi connectivity index (χ1) is 10.4. The molecule has 0 N–H and O–H groups in total. The Morgan fingerprint density at radius 1 is 1.36 bits per heavy atom. The van der Waals surface area contributed by atoms with Crippen molar-refractivity contribution in [1.29, 1.82) is 0 Å². The van der Waals surface area contributed by atoms with E-state index in [4.69, 9.17) is 16.0 Å². The lowest BCUT2D eigenvalue weighted by atomic mass is 10.2. The van der Waals surface area contributed by atoms with Crippen LogP contribution in [0.2, 0.25) is 5.02 Å². The largest absolute Gasteiger partial charge is 0.419 e. The number of sulfone groups is 1. The summed E-state index contributed by atoms with van der Waals surface area (Å²) in [5, 5.41) is 8.57. The first kappa shape index (κ1) is 15.5. The van der Waals surface area contributed by atoms with E-state index >= 15 is 0 Å². The van der Waals surface area contributed by atoms with Crippen molar-refractivity contribution in [1.82, 2.24) is 15.1 Å². The minimum Gasteiger partial charge on any atom is -0.419 e. The molecule has 1 aromatic heterocycles. The molecule has 1 aliphatic rings. The smallest absolute Gasteiger partial charge is 0.249 e. The van der Waals surface area contributed by atoms with Crippen molar-refractivity contribution < 1.29 is 12.8 Å². The van der Waals surface area contributed by atoms with Gasteiger partial charge in [-0.25, -0.2) is 8.42 Å². The van der Waals surface area contributed by atoms with E-state index in [0.29, 0.717) is 35.3 Å². The zero-order valence-electron chi connectivity index (χ0n) is 12.1. The van der Waals surface area contributed by atoms with Crippen LogP contribution in [0.1, 0.15) is 12.3 Å². The summed E-state index contributed by atoms with van der Waals surface area (Å²) in [6, 6.07) is 7.25. The molecule has 2 heterocycles. The number of halogens is 1. The third-order valence-electron chi connectivity index (χ3n) is 3.79. The molecule has 8 heteroatoms. The molecule has 1 fully saturated rings. The van der Waals surface area contributed by atoms with Crippen LogP contribution < -0.4 is 0 Å². The van der Waals surface area contributed by atoms with Gasteiger partial charge in [0, 0.05) is 6.04 Å². The summed E-state index contributed by atoms with van der Waals surface area (Å²) in [5.41, 5.74) is 0.689. The van der Waals surface area contributed by atoms with Crippen molar-refractivity contribution in [2.45, 2.75) is 19.0 Å². The van der Waals surface area contributed by atoms with E-state index in [-0.39, 0.29) is 17.5 Å². The monoisotopic (exact) mass is 341 g/mol. The number of hydrogen-bond donors (Lipinski definition) is 0. The molecule has 118 valence electrons. The lowest BCUT2D eigenvalue weighted by Crippen LogP contribution is -2.32. The summed E-state index contributed by atoms with van der Waals surface area (Å²) in [4.78, 5) is 1.94. The summed E-state index contributed by atoms with van der Waals surface area (Å²) in [6.07, 6.45) is 0.643. The highest BCUT2D eigenvalue weighted by atomic mass is 35.5. The Labute approximate surface area is 134 Å². The maximum atomic E-state index is 11.5. The van der Waals surface area contributed by atoms with Gasteiger partial charge in [-0.3, -0.25) is 4.90 Å². The third-order valence-corrected chi connectivity index (χ3v) is 5.87. The van der Waals surface area contributed by atoms with Gasteiger partial charge in [0.05, 0.1) is 28.6 Å². The lowest BCUT2D eigenvalue weighted by Gasteiger charge is -2.20. The van der Waals surface area contributed by atoms with Crippen molar-refractivity contribution in [3.05, 3.63) is 35.2 Å². The molecule has 2 aromatic rings. The molecule has 0 radical (unpaired) electrons. The molecule has 0 amide bonds. The molecule has 1 saturated heterocycles. The summed E-state index contributed by atoms with van der Waals surface area (Å²) in [5.74, 6) is 1.25. The zero-order chi connectivity index (χ0) is 15.7. The average molecular weight is 342 g/mol. The second-order valence-corrected chi connectivity index (χ2v) is 8.09. The van der Waals surface area contributed by atoms with Crippen molar-refractivity contribution in [3.8, 4) is 11.5 Å². The van der Waals surface area contributed by atoms with Gasteiger partial charge in [0.25, 0.3) is 0 Å². The zero-order valence-corrected chi connectivity index (χ0v) is 13.6. The normalized spacial score (nSPS) is 20.6. The minimum absolute atomic E-state index is 0.000614. The summed E-state index contributed by atoms with van der Waals surface area (Å²) in [7, 11) is -1.04. The summed E-state index contributed by atoms with van der Waals surface area (Å²) < 4.78 is 28.7. The molecule has 0 aliphatic carbocycles. The van der Waals surface area contributed by atoms with E-state index in [1.54, 1.807) is 6.07 Å². The molecule has 0 spiro atoms.